The molecule has 0 spiro atoms. The van der Waals surface area contributed by atoms with Gasteiger partial charge in [0, 0.05) is 32.2 Å². The number of rotatable bonds is 5. The number of likely N-dealkylation sites (tertiary alicyclic amines) is 1. The van der Waals surface area contributed by atoms with Crippen molar-refractivity contribution in [3.8, 4) is 0 Å². The number of carbonyl (C=O) groups is 2. The highest BCUT2D eigenvalue weighted by Crippen LogP contribution is 2.32. The average Bonchev–Trinajstić information content (AvgIpc) is 3.34. The van der Waals surface area contributed by atoms with Crippen LogP contribution in [0.3, 0.4) is 0 Å². The fraction of sp³-hybridized carbons (Fsp3) is 0.650. The minimum Gasteiger partial charge on any atom is -0.396 e. The second-order valence-electron chi connectivity index (χ2n) is 8.34. The lowest BCUT2D eigenvalue weighted by atomic mass is 9.81. The number of carbonyl (C=O) groups excluding carboxylic acids is 2. The first-order chi connectivity index (χ1) is 14.0. The first kappa shape index (κ1) is 20.2. The highest BCUT2D eigenvalue weighted by atomic mass is 32.1. The number of nitrogens with two attached hydrogens (primary N) is 1. The second-order valence-corrected chi connectivity index (χ2v) is 9.39. The molecule has 8 nitrogen and oxygen atoms in total. The molecule has 2 amide bonds. The highest BCUT2D eigenvalue weighted by Gasteiger charge is 2.31. The van der Waals surface area contributed by atoms with Crippen LogP contribution in [0.2, 0.25) is 0 Å². The maximum atomic E-state index is 12.8. The Morgan fingerprint density at radius 3 is 2.59 bits per heavy atom. The summed E-state index contributed by atoms with van der Waals surface area (Å²) in [7, 11) is 0. The van der Waals surface area contributed by atoms with Gasteiger partial charge >= 0.3 is 0 Å². The molecule has 0 atom stereocenters. The van der Waals surface area contributed by atoms with Crippen molar-refractivity contribution in [1.82, 2.24) is 20.4 Å². The van der Waals surface area contributed by atoms with Gasteiger partial charge in [0.25, 0.3) is 5.91 Å². The third-order valence-electron chi connectivity index (χ3n) is 6.42. The van der Waals surface area contributed by atoms with Crippen molar-refractivity contribution in [3.63, 3.8) is 0 Å². The number of H-pyrrole nitrogens is 1. The van der Waals surface area contributed by atoms with E-state index in [0.29, 0.717) is 29.1 Å². The van der Waals surface area contributed by atoms with Crippen molar-refractivity contribution in [2.24, 2.45) is 17.8 Å². The highest BCUT2D eigenvalue weighted by molar-refractivity contribution is 7.21. The van der Waals surface area contributed by atoms with Gasteiger partial charge in [0.2, 0.25) is 5.91 Å². The molecule has 1 saturated heterocycles. The molecule has 4 rings (SSSR count). The number of aromatic amines is 1. The van der Waals surface area contributed by atoms with Crippen molar-refractivity contribution < 1.29 is 14.7 Å². The molecule has 0 bridgehead atoms. The van der Waals surface area contributed by atoms with Crippen molar-refractivity contribution in [3.05, 3.63) is 10.9 Å². The second kappa shape index (κ2) is 8.71. The number of fused-ring (bicyclic) bond motifs is 1. The number of hydrogen-bond acceptors (Lipinski definition) is 6. The average molecular weight is 420 g/mol. The SMILES string of the molecule is Nc1n[nH]c2cc(C(=O)NCC3CCC(C(=O)N4CCC(CO)CC4)CC3)sc12. The van der Waals surface area contributed by atoms with Crippen LogP contribution in [-0.2, 0) is 4.79 Å². The van der Waals surface area contributed by atoms with Crippen LogP contribution in [-0.4, -0.2) is 58.3 Å². The molecule has 29 heavy (non-hydrogen) atoms. The minimum atomic E-state index is -0.0797. The summed E-state index contributed by atoms with van der Waals surface area (Å²) in [6.45, 7) is 2.41. The van der Waals surface area contributed by atoms with Crippen LogP contribution in [0.25, 0.3) is 10.2 Å². The van der Waals surface area contributed by atoms with E-state index >= 15 is 0 Å². The summed E-state index contributed by atoms with van der Waals surface area (Å²) >= 11 is 1.35. The number of aliphatic hydroxyl groups is 1. The quantitative estimate of drug-likeness (QED) is 0.590. The van der Waals surface area contributed by atoms with Crippen LogP contribution in [0.5, 0.6) is 0 Å². The summed E-state index contributed by atoms with van der Waals surface area (Å²) in [5.41, 5.74) is 6.57. The zero-order valence-electron chi connectivity index (χ0n) is 16.5. The molecule has 1 aliphatic heterocycles. The normalized spacial score (nSPS) is 23.4. The van der Waals surface area contributed by atoms with Gasteiger partial charge in [-0.05, 0) is 56.4 Å². The molecule has 2 aromatic rings. The maximum Gasteiger partial charge on any atom is 0.261 e. The number of anilines is 1. The van der Waals surface area contributed by atoms with Crippen LogP contribution in [0.1, 0.15) is 48.2 Å². The molecule has 2 aromatic heterocycles. The number of hydrogen-bond donors (Lipinski definition) is 4. The Bertz CT molecular complexity index is 863. The van der Waals surface area contributed by atoms with Gasteiger partial charge in [0.1, 0.15) is 0 Å². The van der Waals surface area contributed by atoms with Gasteiger partial charge in [-0.25, -0.2) is 0 Å². The van der Waals surface area contributed by atoms with E-state index < -0.39 is 0 Å². The largest absolute Gasteiger partial charge is 0.396 e. The Hall–Kier alpha value is -2.13. The number of amides is 2. The minimum absolute atomic E-state index is 0.0797. The number of thiophene rings is 1. The Balaban J connectivity index is 1.21. The molecule has 158 valence electrons. The van der Waals surface area contributed by atoms with Crippen molar-refractivity contribution in [2.45, 2.75) is 38.5 Å². The van der Waals surface area contributed by atoms with E-state index in [9.17, 15) is 14.7 Å². The number of nitrogen functional groups attached to an aromatic ring is 1. The van der Waals surface area contributed by atoms with E-state index in [-0.39, 0.29) is 24.3 Å². The smallest absolute Gasteiger partial charge is 0.261 e. The van der Waals surface area contributed by atoms with Crippen molar-refractivity contribution >= 4 is 39.2 Å². The first-order valence-corrected chi connectivity index (χ1v) is 11.3. The fourth-order valence-corrected chi connectivity index (χ4v) is 5.41. The van der Waals surface area contributed by atoms with Gasteiger partial charge in [0.05, 0.1) is 15.1 Å². The van der Waals surface area contributed by atoms with Crippen LogP contribution >= 0.6 is 11.3 Å². The summed E-state index contributed by atoms with van der Waals surface area (Å²) in [5, 5.41) is 19.0. The molecule has 9 heteroatoms. The number of nitrogens with one attached hydrogen (secondary N) is 2. The fourth-order valence-electron chi connectivity index (χ4n) is 4.48. The van der Waals surface area contributed by atoms with Crippen molar-refractivity contribution in [2.75, 3.05) is 32.0 Å². The number of nitrogens with zero attached hydrogens (tertiary/aromatic N) is 2. The Morgan fingerprint density at radius 1 is 1.21 bits per heavy atom. The van der Waals surface area contributed by atoms with E-state index in [1.165, 1.54) is 11.3 Å². The molecule has 0 radical (unpaired) electrons. The standard InChI is InChI=1S/C20H29N5O3S/c21-18-17-15(23-24-18)9-16(29-17)19(27)22-10-12-1-3-14(4-2-12)20(28)25-7-5-13(11-26)6-8-25/h9,12-14,26H,1-8,10-11H2,(H,22,27)(H3,21,23,24). The van der Waals surface area contributed by atoms with Gasteiger partial charge in [-0.1, -0.05) is 0 Å². The monoisotopic (exact) mass is 419 g/mol. The van der Waals surface area contributed by atoms with E-state index in [4.69, 9.17) is 5.73 Å². The molecular weight excluding hydrogens is 390 g/mol. The molecular formula is C20H29N5O3S. The van der Waals surface area contributed by atoms with E-state index in [1.807, 2.05) is 4.90 Å². The number of piperidine rings is 1. The molecule has 2 aliphatic rings. The summed E-state index contributed by atoms with van der Waals surface area (Å²) < 4.78 is 0.817. The summed E-state index contributed by atoms with van der Waals surface area (Å²) in [4.78, 5) is 27.8. The molecule has 1 aliphatic carbocycles. The Labute approximate surface area is 173 Å². The first-order valence-electron chi connectivity index (χ1n) is 10.5. The van der Waals surface area contributed by atoms with Gasteiger partial charge in [0.15, 0.2) is 5.82 Å². The van der Waals surface area contributed by atoms with E-state index in [0.717, 1.165) is 61.8 Å². The lowest BCUT2D eigenvalue weighted by Crippen LogP contribution is -2.43. The van der Waals surface area contributed by atoms with Gasteiger partial charge in [-0.2, -0.15) is 5.10 Å². The third kappa shape index (κ3) is 4.40. The Kier molecular flexibility index (Phi) is 6.05. The molecule has 5 N–H and O–H groups in total. The van der Waals surface area contributed by atoms with E-state index in [1.54, 1.807) is 6.07 Å². The topological polar surface area (TPSA) is 124 Å². The summed E-state index contributed by atoms with van der Waals surface area (Å²) in [6, 6.07) is 1.79. The maximum absolute atomic E-state index is 12.8. The molecule has 0 unspecified atom stereocenters. The number of aliphatic hydroxyl groups excluding tert-OH is 1. The lowest BCUT2D eigenvalue weighted by Gasteiger charge is -2.36. The zero-order valence-corrected chi connectivity index (χ0v) is 17.3. The third-order valence-corrected chi connectivity index (χ3v) is 7.57. The molecule has 3 heterocycles. The summed E-state index contributed by atoms with van der Waals surface area (Å²) in [6.07, 6.45) is 5.52. The van der Waals surface area contributed by atoms with Gasteiger partial charge < -0.3 is 21.1 Å². The number of aromatic nitrogens is 2. The summed E-state index contributed by atoms with van der Waals surface area (Å²) in [5.74, 6) is 1.50. The predicted octanol–water partition coefficient (Wildman–Crippen LogP) is 1.97. The van der Waals surface area contributed by atoms with Gasteiger partial charge in [-0.15, -0.1) is 11.3 Å². The molecule has 2 fully saturated rings. The van der Waals surface area contributed by atoms with Crippen LogP contribution < -0.4 is 11.1 Å². The molecule has 0 aromatic carbocycles. The Morgan fingerprint density at radius 2 is 1.93 bits per heavy atom. The zero-order chi connectivity index (χ0) is 20.4. The van der Waals surface area contributed by atoms with Crippen molar-refractivity contribution in [1.29, 1.82) is 0 Å². The lowest BCUT2D eigenvalue weighted by molar-refractivity contribution is -0.138. The van der Waals surface area contributed by atoms with Crippen LogP contribution in [0, 0.1) is 17.8 Å². The van der Waals surface area contributed by atoms with Crippen LogP contribution in [0.4, 0.5) is 5.82 Å². The molecule has 1 saturated carbocycles. The van der Waals surface area contributed by atoms with Crippen LogP contribution in [0.15, 0.2) is 6.07 Å². The van der Waals surface area contributed by atoms with E-state index in [2.05, 4.69) is 15.5 Å². The predicted molar refractivity (Wildman–Crippen MR) is 113 cm³/mol. The van der Waals surface area contributed by atoms with Gasteiger partial charge in [-0.3, -0.25) is 14.7 Å².